The second kappa shape index (κ2) is 8.59. The lowest BCUT2D eigenvalue weighted by atomic mass is 10.2. The molecular weight excluding hydrogens is 428 g/mol. The predicted octanol–water partition coefficient (Wildman–Crippen LogP) is 2.17. The summed E-state index contributed by atoms with van der Waals surface area (Å²) in [6, 6.07) is 8.66. The van der Waals surface area contributed by atoms with Crippen molar-refractivity contribution in [3.8, 4) is 17.2 Å². The van der Waals surface area contributed by atoms with Crippen LogP contribution in [0.2, 0.25) is 0 Å². The highest BCUT2D eigenvalue weighted by atomic mass is 16.5. The van der Waals surface area contributed by atoms with Gasteiger partial charge in [0, 0.05) is 25.4 Å². The largest absolute Gasteiger partial charge is 0.495 e. The number of anilines is 1. The van der Waals surface area contributed by atoms with Crippen LogP contribution in [0.15, 0.2) is 47.2 Å². The molecule has 0 aromatic carbocycles. The molecule has 5 heterocycles. The molecule has 166 valence electrons. The third-order valence-electron chi connectivity index (χ3n) is 4.88. The summed E-state index contributed by atoms with van der Waals surface area (Å²) in [4.78, 5) is 20.7. The number of hydrogen-bond donors (Lipinski definition) is 1. The Morgan fingerprint density at radius 3 is 2.91 bits per heavy atom. The molecule has 0 unspecified atom stereocenters. The molecule has 5 aromatic rings. The highest BCUT2D eigenvalue weighted by Gasteiger charge is 2.16. The summed E-state index contributed by atoms with van der Waals surface area (Å²) in [5.41, 5.74) is 3.41. The van der Waals surface area contributed by atoms with Crippen LogP contribution in [0.4, 0.5) is 5.69 Å². The Morgan fingerprint density at radius 2 is 2.06 bits per heavy atom. The second-order valence-corrected chi connectivity index (χ2v) is 6.99. The van der Waals surface area contributed by atoms with Gasteiger partial charge in [0.05, 0.1) is 31.1 Å². The lowest BCUT2D eigenvalue weighted by Gasteiger charge is -2.08. The average molecular weight is 446 g/mol. The van der Waals surface area contributed by atoms with E-state index in [2.05, 4.69) is 35.7 Å². The van der Waals surface area contributed by atoms with E-state index in [0.29, 0.717) is 46.3 Å². The van der Waals surface area contributed by atoms with Crippen molar-refractivity contribution in [1.82, 2.24) is 34.9 Å². The third-order valence-corrected chi connectivity index (χ3v) is 4.88. The molecule has 0 radical (unpaired) electrons. The Morgan fingerprint density at radius 1 is 1.15 bits per heavy atom. The van der Waals surface area contributed by atoms with Crippen molar-refractivity contribution < 1.29 is 18.8 Å². The topological polar surface area (TPSA) is 142 Å². The van der Waals surface area contributed by atoms with Crippen molar-refractivity contribution in [2.75, 3.05) is 26.1 Å². The van der Waals surface area contributed by atoms with Crippen molar-refractivity contribution in [1.29, 1.82) is 0 Å². The van der Waals surface area contributed by atoms with Gasteiger partial charge in [0.2, 0.25) is 5.78 Å². The number of aromatic nitrogens is 7. The highest BCUT2D eigenvalue weighted by Crippen LogP contribution is 2.23. The summed E-state index contributed by atoms with van der Waals surface area (Å²) in [5.74, 6) is 1.27. The number of methoxy groups -OCH3 is 2. The SMILES string of the molecule is COCC(=O)c1cc(-c2ccc3nnc(CNc4ccnc5cc(OC)cnc45)n3n2)on1. The summed E-state index contributed by atoms with van der Waals surface area (Å²) < 4.78 is 17.0. The van der Waals surface area contributed by atoms with Gasteiger partial charge in [-0.2, -0.15) is 9.61 Å². The molecule has 0 saturated carbocycles. The van der Waals surface area contributed by atoms with Gasteiger partial charge in [0.1, 0.15) is 23.6 Å². The number of nitrogens with zero attached hydrogens (tertiary/aromatic N) is 7. The Bertz CT molecular complexity index is 1460. The van der Waals surface area contributed by atoms with Gasteiger partial charge < -0.3 is 19.3 Å². The van der Waals surface area contributed by atoms with Gasteiger partial charge in [-0.1, -0.05) is 5.16 Å². The number of nitrogens with one attached hydrogen (secondary N) is 1. The number of carbonyl (C=O) groups excluding carboxylic acids is 1. The first kappa shape index (κ1) is 20.5. The van der Waals surface area contributed by atoms with Gasteiger partial charge in [0.15, 0.2) is 22.9 Å². The molecule has 0 aliphatic carbocycles. The normalized spacial score (nSPS) is 11.2. The average Bonchev–Trinajstić information content (AvgIpc) is 3.49. The third kappa shape index (κ3) is 3.94. The number of rotatable bonds is 8. The van der Waals surface area contributed by atoms with E-state index in [1.54, 1.807) is 36.2 Å². The van der Waals surface area contributed by atoms with Gasteiger partial charge in [-0.3, -0.25) is 9.78 Å². The first-order chi connectivity index (χ1) is 16.2. The van der Waals surface area contributed by atoms with E-state index in [1.165, 1.54) is 13.2 Å². The molecule has 5 aromatic heterocycles. The Hall–Kier alpha value is -4.45. The first-order valence-corrected chi connectivity index (χ1v) is 9.89. The number of ketones is 1. The zero-order valence-electron chi connectivity index (χ0n) is 17.7. The summed E-state index contributed by atoms with van der Waals surface area (Å²) in [5, 5.41) is 20.0. The van der Waals surface area contributed by atoms with Crippen molar-refractivity contribution in [3.05, 3.63) is 54.2 Å². The van der Waals surface area contributed by atoms with Crippen molar-refractivity contribution in [2.24, 2.45) is 0 Å². The minimum atomic E-state index is -0.279. The zero-order valence-corrected chi connectivity index (χ0v) is 17.7. The molecule has 12 nitrogen and oxygen atoms in total. The molecule has 0 saturated heterocycles. The van der Waals surface area contributed by atoms with Crippen LogP contribution in [0.5, 0.6) is 5.75 Å². The van der Waals surface area contributed by atoms with Crippen LogP contribution in [-0.4, -0.2) is 61.5 Å². The molecule has 0 amide bonds. The Balaban J connectivity index is 1.41. The maximum Gasteiger partial charge on any atom is 0.210 e. The van der Waals surface area contributed by atoms with Gasteiger partial charge in [-0.15, -0.1) is 10.2 Å². The summed E-state index contributed by atoms with van der Waals surface area (Å²) in [7, 11) is 3.03. The molecule has 0 aliphatic rings. The van der Waals surface area contributed by atoms with E-state index in [-0.39, 0.29) is 18.1 Å². The van der Waals surface area contributed by atoms with Crippen LogP contribution in [0, 0.1) is 0 Å². The molecule has 0 spiro atoms. The van der Waals surface area contributed by atoms with Gasteiger partial charge in [0.25, 0.3) is 0 Å². The predicted molar refractivity (Wildman–Crippen MR) is 116 cm³/mol. The number of fused-ring (bicyclic) bond motifs is 2. The van der Waals surface area contributed by atoms with E-state index < -0.39 is 0 Å². The van der Waals surface area contributed by atoms with Crippen molar-refractivity contribution >= 4 is 28.2 Å². The van der Waals surface area contributed by atoms with Crippen molar-refractivity contribution in [2.45, 2.75) is 6.54 Å². The molecule has 0 aliphatic heterocycles. The Labute approximate surface area is 186 Å². The summed E-state index contributed by atoms with van der Waals surface area (Å²) in [6.07, 6.45) is 3.33. The lowest BCUT2D eigenvalue weighted by Crippen LogP contribution is -2.07. The maximum absolute atomic E-state index is 11.9. The standard InChI is InChI=1S/C21H18N8O4/c1-31-11-17(30)15-8-18(33-28-15)13-3-4-19-25-26-20(29(19)27-13)10-23-14-5-6-22-16-7-12(32-2)9-24-21(14)16/h3-9H,10-11H2,1-2H3,(H,22,23). The van der Waals surface area contributed by atoms with Crippen LogP contribution in [-0.2, 0) is 11.3 Å². The van der Waals surface area contributed by atoms with E-state index in [1.807, 2.05) is 12.1 Å². The maximum atomic E-state index is 11.9. The quantitative estimate of drug-likeness (QED) is 0.350. The number of carbonyl (C=O) groups is 1. The fraction of sp³-hybridized carbons (Fsp3) is 0.190. The number of ether oxygens (including phenoxy) is 2. The van der Waals surface area contributed by atoms with Gasteiger partial charge in [-0.05, 0) is 18.2 Å². The zero-order chi connectivity index (χ0) is 22.8. The number of pyridine rings is 2. The Kier molecular flexibility index (Phi) is 5.32. The van der Waals surface area contributed by atoms with Crippen molar-refractivity contribution in [3.63, 3.8) is 0 Å². The van der Waals surface area contributed by atoms with Crippen LogP contribution in [0.1, 0.15) is 16.3 Å². The van der Waals surface area contributed by atoms with Gasteiger partial charge >= 0.3 is 0 Å². The highest BCUT2D eigenvalue weighted by molar-refractivity contribution is 5.95. The fourth-order valence-electron chi connectivity index (χ4n) is 3.25. The molecular formula is C21H18N8O4. The van der Waals surface area contributed by atoms with Crippen LogP contribution in [0.3, 0.4) is 0 Å². The van der Waals surface area contributed by atoms with E-state index in [9.17, 15) is 4.79 Å². The molecule has 33 heavy (non-hydrogen) atoms. The number of hydrogen-bond acceptors (Lipinski definition) is 11. The minimum absolute atomic E-state index is 0.0784. The lowest BCUT2D eigenvalue weighted by molar-refractivity contribution is 0.0839. The first-order valence-electron chi connectivity index (χ1n) is 9.89. The second-order valence-electron chi connectivity index (χ2n) is 6.99. The summed E-state index contributed by atoms with van der Waals surface area (Å²) >= 11 is 0. The number of Topliss-reactive ketones (excluding diaryl/α,β-unsaturated/α-hetero) is 1. The van der Waals surface area contributed by atoms with Crippen LogP contribution < -0.4 is 10.1 Å². The molecule has 0 bridgehead atoms. The van der Waals surface area contributed by atoms with Crippen LogP contribution in [0.25, 0.3) is 28.1 Å². The fourth-order valence-corrected chi connectivity index (χ4v) is 3.25. The minimum Gasteiger partial charge on any atom is -0.495 e. The molecule has 1 N–H and O–H groups in total. The van der Waals surface area contributed by atoms with Gasteiger partial charge in [-0.25, -0.2) is 4.98 Å². The summed E-state index contributed by atoms with van der Waals surface area (Å²) in [6.45, 7) is 0.253. The monoisotopic (exact) mass is 446 g/mol. The molecule has 5 rings (SSSR count). The smallest absolute Gasteiger partial charge is 0.210 e. The molecule has 0 fully saturated rings. The van der Waals surface area contributed by atoms with E-state index >= 15 is 0 Å². The van der Waals surface area contributed by atoms with E-state index in [0.717, 1.165) is 5.69 Å². The van der Waals surface area contributed by atoms with Crippen LogP contribution >= 0.6 is 0 Å². The van der Waals surface area contributed by atoms with E-state index in [4.69, 9.17) is 14.0 Å². The molecule has 0 atom stereocenters. The molecule has 12 heteroatoms.